The second-order valence-corrected chi connectivity index (χ2v) is 6.59. The number of hydrogen-bond acceptors (Lipinski definition) is 2. The fourth-order valence-electron chi connectivity index (χ4n) is 1.91. The number of rotatable bonds is 5. The first-order valence-corrected chi connectivity index (χ1v) is 8.15. The van der Waals surface area contributed by atoms with E-state index in [1.165, 1.54) is 17.4 Å². The maximum atomic E-state index is 13.8. The molecule has 0 aliphatic rings. The summed E-state index contributed by atoms with van der Waals surface area (Å²) in [5.74, 6) is -17.2. The molecule has 1 aromatic carbocycles. The number of nitrogens with one attached hydrogen (secondary N) is 1. The molecule has 0 saturated carbocycles. The van der Waals surface area contributed by atoms with Crippen LogP contribution >= 0.6 is 27.5 Å². The van der Waals surface area contributed by atoms with E-state index in [0.29, 0.717) is 0 Å². The molecule has 0 unspecified atom stereocenters. The van der Waals surface area contributed by atoms with E-state index in [1.54, 1.807) is 0 Å². The predicted molar refractivity (Wildman–Crippen MR) is 85.0 cm³/mol. The number of halogens is 10. The summed E-state index contributed by atoms with van der Waals surface area (Å²) in [7, 11) is 0. The fraction of sp³-hybridized carbons (Fsp3) is 0.286. The number of carbonyl (C=O) groups excluding carboxylic acids is 1. The average molecular weight is 501 g/mol. The van der Waals surface area contributed by atoms with E-state index in [9.17, 15) is 39.9 Å². The zero-order valence-corrected chi connectivity index (χ0v) is 15.4. The van der Waals surface area contributed by atoms with Gasteiger partial charge in [0.05, 0.1) is 11.0 Å². The summed E-state index contributed by atoms with van der Waals surface area (Å²) in [4.78, 5) is 11.4. The van der Waals surface area contributed by atoms with E-state index in [4.69, 9.17) is 11.6 Å². The first-order chi connectivity index (χ1) is 12.7. The van der Waals surface area contributed by atoms with Gasteiger partial charge in [-0.2, -0.15) is 35.8 Å². The Bertz CT molecular complexity index is 879. The van der Waals surface area contributed by atoms with Gasteiger partial charge in [0, 0.05) is 16.8 Å². The van der Waals surface area contributed by atoms with Crippen LogP contribution in [-0.4, -0.2) is 33.7 Å². The van der Waals surface area contributed by atoms with Gasteiger partial charge in [-0.3, -0.25) is 9.48 Å². The highest BCUT2D eigenvalue weighted by molar-refractivity contribution is 9.10. The summed E-state index contributed by atoms with van der Waals surface area (Å²) in [6.07, 6.45) is -5.62. The lowest BCUT2D eigenvalue weighted by molar-refractivity contribution is -0.343. The number of carbonyl (C=O) groups is 1. The van der Waals surface area contributed by atoms with Crippen LogP contribution in [0.2, 0.25) is 5.02 Å². The van der Waals surface area contributed by atoms with Gasteiger partial charge in [-0.1, -0.05) is 17.7 Å². The Balaban J connectivity index is 2.25. The summed E-state index contributed by atoms with van der Waals surface area (Å²) in [5, 5.41) is 4.72. The van der Waals surface area contributed by atoms with E-state index in [-0.39, 0.29) is 21.6 Å². The second-order valence-electron chi connectivity index (χ2n) is 5.32. The molecule has 1 heterocycles. The van der Waals surface area contributed by atoms with Gasteiger partial charge in [0.15, 0.2) is 5.82 Å². The van der Waals surface area contributed by atoms with Crippen molar-refractivity contribution in [3.05, 3.63) is 45.3 Å². The van der Waals surface area contributed by atoms with Crippen LogP contribution < -0.4 is 5.32 Å². The van der Waals surface area contributed by atoms with Crippen molar-refractivity contribution in [2.24, 2.45) is 0 Å². The lowest BCUT2D eigenvalue weighted by Crippen LogP contribution is -2.57. The van der Waals surface area contributed by atoms with Crippen molar-refractivity contribution in [2.45, 2.75) is 24.6 Å². The van der Waals surface area contributed by atoms with Crippen molar-refractivity contribution in [2.75, 3.05) is 5.32 Å². The van der Waals surface area contributed by atoms with Gasteiger partial charge < -0.3 is 5.32 Å². The predicted octanol–water partition coefficient (Wildman–Crippen LogP) is 5.26. The minimum Gasteiger partial charge on any atom is -0.303 e. The number of alkyl halides is 7. The Labute approximate surface area is 164 Å². The molecule has 1 amide bonds. The fourth-order valence-corrected chi connectivity index (χ4v) is 2.55. The summed E-state index contributed by atoms with van der Waals surface area (Å²) >= 11 is 8.58. The van der Waals surface area contributed by atoms with Gasteiger partial charge in [-0.15, -0.1) is 0 Å². The van der Waals surface area contributed by atoms with E-state index in [2.05, 4.69) is 21.0 Å². The van der Waals surface area contributed by atoms with Crippen LogP contribution in [0.3, 0.4) is 0 Å². The molecular weight excluding hydrogens is 494 g/mol. The van der Waals surface area contributed by atoms with Gasteiger partial charge in [0.25, 0.3) is 0 Å². The van der Waals surface area contributed by atoms with E-state index in [1.807, 2.05) is 0 Å². The lowest BCUT2D eigenvalue weighted by atomic mass is 10.1. The van der Waals surface area contributed by atoms with E-state index < -0.39 is 35.6 Å². The number of amides is 1. The lowest BCUT2D eigenvalue weighted by Gasteiger charge is -2.26. The molecule has 28 heavy (non-hydrogen) atoms. The van der Waals surface area contributed by atoms with Gasteiger partial charge in [-0.05, 0) is 28.1 Å². The third kappa shape index (κ3) is 4.09. The zero-order chi connectivity index (χ0) is 21.5. The number of benzene rings is 1. The summed E-state index contributed by atoms with van der Waals surface area (Å²) in [6.45, 7) is -0.352. The molecule has 2 rings (SSSR count). The molecule has 2 aromatic rings. The molecule has 14 heteroatoms. The van der Waals surface area contributed by atoms with Crippen molar-refractivity contribution in [3.8, 4) is 0 Å². The Kier molecular flexibility index (Phi) is 6.00. The van der Waals surface area contributed by atoms with Crippen molar-refractivity contribution < 1.29 is 39.9 Å². The smallest absolute Gasteiger partial charge is 0.303 e. The quantitative estimate of drug-likeness (QED) is 0.570. The van der Waals surface area contributed by atoms with E-state index >= 15 is 0 Å². The number of aromatic nitrogens is 2. The third-order valence-corrected chi connectivity index (χ3v) is 4.30. The van der Waals surface area contributed by atoms with Gasteiger partial charge >= 0.3 is 23.9 Å². The van der Waals surface area contributed by atoms with Crippen LogP contribution in [0.4, 0.5) is 40.9 Å². The molecule has 1 N–H and O–H groups in total. The van der Waals surface area contributed by atoms with Crippen molar-refractivity contribution >= 4 is 39.3 Å². The maximum Gasteiger partial charge on any atom is 0.460 e. The van der Waals surface area contributed by atoms with Crippen LogP contribution in [0.1, 0.15) is 5.56 Å². The molecule has 0 bridgehead atoms. The molecule has 0 aliphatic carbocycles. The van der Waals surface area contributed by atoms with Crippen molar-refractivity contribution in [3.63, 3.8) is 0 Å². The average Bonchev–Trinajstić information content (AvgIpc) is 2.89. The van der Waals surface area contributed by atoms with Gasteiger partial charge in [0.2, 0.25) is 0 Å². The molecule has 0 aliphatic heterocycles. The molecule has 154 valence electrons. The Morgan fingerprint density at radius 1 is 1.18 bits per heavy atom. The highest BCUT2D eigenvalue weighted by Gasteiger charge is 2.76. The highest BCUT2D eigenvalue weighted by atomic mass is 79.9. The standard InChI is InChI=1S/C14H7BrClF8N3O/c15-7-5-27(4-6-8(16)2-1-3-9(6)17)26-10(7)25-11(28)12(18,19)13(20,21)14(22,23)24/h1-3,5H,4H2,(H,25,26,28). The third-order valence-electron chi connectivity index (χ3n) is 3.37. The van der Waals surface area contributed by atoms with Crippen LogP contribution in [0.5, 0.6) is 0 Å². The molecule has 4 nitrogen and oxygen atoms in total. The Morgan fingerprint density at radius 3 is 2.32 bits per heavy atom. The van der Waals surface area contributed by atoms with Gasteiger partial charge in [0.1, 0.15) is 5.82 Å². The highest BCUT2D eigenvalue weighted by Crippen LogP contribution is 2.47. The molecule has 0 radical (unpaired) electrons. The minimum absolute atomic E-state index is 0.00596. The van der Waals surface area contributed by atoms with E-state index in [0.717, 1.165) is 16.9 Å². The van der Waals surface area contributed by atoms with Crippen LogP contribution in [0, 0.1) is 5.82 Å². The Morgan fingerprint density at radius 2 is 1.79 bits per heavy atom. The SMILES string of the molecule is O=C(Nc1nn(Cc2c(F)cccc2Cl)cc1Br)C(F)(F)C(F)(F)C(F)(F)F. The summed E-state index contributed by atoms with van der Waals surface area (Å²) in [5.41, 5.74) is -0.0639. The first-order valence-electron chi connectivity index (χ1n) is 6.98. The molecule has 0 spiro atoms. The maximum absolute atomic E-state index is 13.8. The number of anilines is 1. The largest absolute Gasteiger partial charge is 0.460 e. The summed E-state index contributed by atoms with van der Waals surface area (Å²) < 4.78 is 103. The Hall–Kier alpha value is -1.89. The van der Waals surface area contributed by atoms with Crippen molar-refractivity contribution in [1.82, 2.24) is 9.78 Å². The van der Waals surface area contributed by atoms with Crippen LogP contribution in [0.25, 0.3) is 0 Å². The first kappa shape index (κ1) is 22.4. The monoisotopic (exact) mass is 499 g/mol. The van der Waals surface area contributed by atoms with Crippen LogP contribution in [-0.2, 0) is 11.3 Å². The second kappa shape index (κ2) is 7.50. The number of nitrogens with zero attached hydrogens (tertiary/aromatic N) is 2. The molecular formula is C14H7BrClF8N3O. The number of hydrogen-bond donors (Lipinski definition) is 1. The van der Waals surface area contributed by atoms with Crippen molar-refractivity contribution in [1.29, 1.82) is 0 Å². The normalized spacial score (nSPS) is 12.9. The zero-order valence-electron chi connectivity index (χ0n) is 13.1. The molecule has 0 saturated heterocycles. The minimum atomic E-state index is -6.66. The topological polar surface area (TPSA) is 46.9 Å². The molecule has 1 aromatic heterocycles. The summed E-state index contributed by atoms with van der Waals surface area (Å²) in [6, 6.07) is 3.73. The molecule has 0 atom stereocenters. The van der Waals surface area contributed by atoms with Crippen LogP contribution in [0.15, 0.2) is 28.9 Å². The molecule has 0 fully saturated rings. The van der Waals surface area contributed by atoms with Gasteiger partial charge in [-0.25, -0.2) is 4.39 Å².